The predicted octanol–water partition coefficient (Wildman–Crippen LogP) is 0.946. The maximum Gasteiger partial charge on any atom is 0.145 e. The average Bonchev–Trinajstić information content (AvgIpc) is 2.07. The molecule has 0 bridgehead atoms. The van der Waals surface area contributed by atoms with Crippen molar-refractivity contribution >= 4 is 5.78 Å². The Kier molecular flexibility index (Phi) is 3.05. The molecule has 0 saturated heterocycles. The van der Waals surface area contributed by atoms with E-state index >= 15 is 0 Å². The Morgan fingerprint density at radius 1 is 1.91 bits per heavy atom. The molecule has 0 saturated carbocycles. The Hall–Kier alpha value is -0.890. The highest BCUT2D eigenvalue weighted by Gasteiger charge is 2.15. The van der Waals surface area contributed by atoms with Gasteiger partial charge in [0.05, 0.1) is 12.5 Å². The van der Waals surface area contributed by atoms with Crippen molar-refractivity contribution in [2.45, 2.75) is 6.42 Å². The molecule has 1 heterocycles. The molecule has 0 fully saturated rings. The zero-order valence-corrected chi connectivity index (χ0v) is 6.34. The van der Waals surface area contributed by atoms with Gasteiger partial charge >= 0.3 is 0 Å². The van der Waals surface area contributed by atoms with E-state index in [-0.39, 0.29) is 11.7 Å². The first-order valence-corrected chi connectivity index (χ1v) is 3.63. The molecule has 0 aromatic heterocycles. The standard InChI is InChI=1S/C9H11NO/c1-2-4-9(11)8-5-3-6-10-7-8/h2-3,5,8,10H,1,4,6H2. The van der Waals surface area contributed by atoms with Crippen LogP contribution in [0.25, 0.3) is 0 Å². The summed E-state index contributed by atoms with van der Waals surface area (Å²) in [5.41, 5.74) is 0. The third-order valence-corrected chi connectivity index (χ3v) is 1.50. The maximum absolute atomic E-state index is 11.2. The van der Waals surface area contributed by atoms with Gasteiger partial charge in [-0.1, -0.05) is 18.2 Å². The van der Waals surface area contributed by atoms with Crippen LogP contribution in [0.4, 0.5) is 0 Å². The number of allylic oxidation sites excluding steroid dienone is 1. The Morgan fingerprint density at radius 2 is 2.73 bits per heavy atom. The molecule has 0 aromatic rings. The molecule has 2 nitrogen and oxygen atoms in total. The zero-order chi connectivity index (χ0) is 8.10. The average molecular weight is 149 g/mol. The number of nitrogens with one attached hydrogen (secondary N) is 1. The van der Waals surface area contributed by atoms with Crippen molar-refractivity contribution in [2.24, 2.45) is 5.92 Å². The highest BCUT2D eigenvalue weighted by Crippen LogP contribution is 2.09. The molecule has 2 radical (unpaired) electrons. The van der Waals surface area contributed by atoms with E-state index in [2.05, 4.69) is 18.4 Å². The summed E-state index contributed by atoms with van der Waals surface area (Å²) in [6.45, 7) is 7.15. The number of ketones is 1. The van der Waals surface area contributed by atoms with Gasteiger partial charge in [-0.15, -0.1) is 6.58 Å². The Labute approximate surface area is 67.0 Å². The summed E-state index contributed by atoms with van der Waals surface area (Å²) >= 11 is 0. The monoisotopic (exact) mass is 149 g/mol. The molecule has 2 heteroatoms. The van der Waals surface area contributed by atoms with Crippen LogP contribution in [0.1, 0.15) is 6.42 Å². The molecule has 1 aliphatic heterocycles. The second kappa shape index (κ2) is 4.09. The highest BCUT2D eigenvalue weighted by atomic mass is 16.1. The number of rotatable bonds is 3. The molecule has 1 rings (SSSR count). The topological polar surface area (TPSA) is 29.1 Å². The number of Topliss-reactive ketones (excluding diaryl/α,β-unsaturated/α-hetero) is 1. The molecule has 0 aromatic carbocycles. The van der Waals surface area contributed by atoms with Crippen LogP contribution in [0, 0.1) is 12.5 Å². The molecule has 58 valence electrons. The van der Waals surface area contributed by atoms with E-state index in [0.29, 0.717) is 6.42 Å². The summed E-state index contributed by atoms with van der Waals surface area (Å²) in [5.74, 6) is -0.0369. The van der Waals surface area contributed by atoms with E-state index in [1.54, 1.807) is 6.08 Å². The summed E-state index contributed by atoms with van der Waals surface area (Å²) in [6.07, 6.45) is 5.83. The first kappa shape index (κ1) is 8.21. The van der Waals surface area contributed by atoms with Gasteiger partial charge in [-0.05, 0) is 0 Å². The molecule has 11 heavy (non-hydrogen) atoms. The molecule has 1 unspecified atom stereocenters. The quantitative estimate of drug-likeness (QED) is 0.605. The number of carbonyl (C=O) groups is 1. The van der Waals surface area contributed by atoms with E-state index in [1.807, 2.05) is 12.2 Å². The lowest BCUT2D eigenvalue weighted by Gasteiger charge is -2.13. The summed E-state index contributed by atoms with van der Waals surface area (Å²) in [7, 11) is 0. The number of hydrogen-bond acceptors (Lipinski definition) is 2. The van der Waals surface area contributed by atoms with Crippen LogP contribution >= 0.6 is 0 Å². The predicted molar refractivity (Wildman–Crippen MR) is 43.7 cm³/mol. The maximum atomic E-state index is 11.2. The lowest BCUT2D eigenvalue weighted by atomic mass is 9.99. The SMILES string of the molecule is C=CCC(=O)C1[C]NCC=C1. The Morgan fingerprint density at radius 3 is 3.27 bits per heavy atom. The van der Waals surface area contributed by atoms with E-state index < -0.39 is 0 Å². The molecule has 0 amide bonds. The minimum absolute atomic E-state index is 0.142. The minimum atomic E-state index is -0.179. The van der Waals surface area contributed by atoms with Crippen molar-refractivity contribution in [3.63, 3.8) is 0 Å². The van der Waals surface area contributed by atoms with Crippen molar-refractivity contribution in [3.05, 3.63) is 31.4 Å². The van der Waals surface area contributed by atoms with E-state index in [1.165, 1.54) is 0 Å². The lowest BCUT2D eigenvalue weighted by molar-refractivity contribution is -0.120. The fourth-order valence-electron chi connectivity index (χ4n) is 0.937. The van der Waals surface area contributed by atoms with Gasteiger partial charge in [0.2, 0.25) is 0 Å². The molecular formula is C9H11NO. The third kappa shape index (κ3) is 2.31. The zero-order valence-electron chi connectivity index (χ0n) is 6.34. The van der Waals surface area contributed by atoms with Crippen LogP contribution in [-0.2, 0) is 4.79 Å². The van der Waals surface area contributed by atoms with Gasteiger partial charge in [-0.3, -0.25) is 4.79 Å². The number of carbonyl (C=O) groups excluding carboxylic acids is 1. The van der Waals surface area contributed by atoms with Crippen LogP contribution in [0.5, 0.6) is 0 Å². The van der Waals surface area contributed by atoms with Gasteiger partial charge in [-0.2, -0.15) is 0 Å². The van der Waals surface area contributed by atoms with Crippen LogP contribution < -0.4 is 5.32 Å². The van der Waals surface area contributed by atoms with Crippen molar-refractivity contribution in [2.75, 3.05) is 6.54 Å². The summed E-state index contributed by atoms with van der Waals surface area (Å²) in [6, 6.07) is 0. The van der Waals surface area contributed by atoms with E-state index in [9.17, 15) is 4.79 Å². The summed E-state index contributed by atoms with van der Waals surface area (Å²) in [5, 5.41) is 2.88. The van der Waals surface area contributed by atoms with Crippen molar-refractivity contribution in [1.29, 1.82) is 0 Å². The molecule has 1 aliphatic rings. The molecule has 1 atom stereocenters. The fraction of sp³-hybridized carbons (Fsp3) is 0.333. The van der Waals surface area contributed by atoms with Crippen LogP contribution in [-0.4, -0.2) is 12.3 Å². The van der Waals surface area contributed by atoms with Crippen molar-refractivity contribution in [1.82, 2.24) is 5.32 Å². The number of hydrogen-bond donors (Lipinski definition) is 1. The van der Waals surface area contributed by atoms with Gasteiger partial charge in [0.1, 0.15) is 5.78 Å². The fourth-order valence-corrected chi connectivity index (χ4v) is 0.937. The summed E-state index contributed by atoms with van der Waals surface area (Å²) < 4.78 is 0. The van der Waals surface area contributed by atoms with Crippen molar-refractivity contribution < 1.29 is 4.79 Å². The highest BCUT2D eigenvalue weighted by molar-refractivity contribution is 5.85. The molecule has 1 N–H and O–H groups in total. The van der Waals surface area contributed by atoms with Gasteiger partial charge < -0.3 is 5.32 Å². The van der Waals surface area contributed by atoms with Gasteiger partial charge in [0.25, 0.3) is 0 Å². The van der Waals surface area contributed by atoms with Gasteiger partial charge in [-0.25, -0.2) is 0 Å². The second-order valence-electron chi connectivity index (χ2n) is 2.39. The van der Waals surface area contributed by atoms with Gasteiger partial charge in [0, 0.05) is 13.0 Å². The lowest BCUT2D eigenvalue weighted by Crippen LogP contribution is -2.25. The third-order valence-electron chi connectivity index (χ3n) is 1.50. The van der Waals surface area contributed by atoms with Crippen molar-refractivity contribution in [3.8, 4) is 0 Å². The molecular weight excluding hydrogens is 138 g/mol. The first-order chi connectivity index (χ1) is 5.34. The first-order valence-electron chi connectivity index (χ1n) is 3.63. The van der Waals surface area contributed by atoms with Crippen LogP contribution in [0.3, 0.4) is 0 Å². The summed E-state index contributed by atoms with van der Waals surface area (Å²) in [4.78, 5) is 11.2. The smallest absolute Gasteiger partial charge is 0.145 e. The second-order valence-corrected chi connectivity index (χ2v) is 2.39. The molecule has 0 aliphatic carbocycles. The molecule has 0 spiro atoms. The Bertz CT molecular complexity index is 184. The normalized spacial score (nSPS) is 23.1. The van der Waals surface area contributed by atoms with E-state index in [4.69, 9.17) is 0 Å². The van der Waals surface area contributed by atoms with Crippen LogP contribution in [0.2, 0.25) is 0 Å². The minimum Gasteiger partial charge on any atom is -0.303 e. The largest absolute Gasteiger partial charge is 0.303 e. The van der Waals surface area contributed by atoms with E-state index in [0.717, 1.165) is 6.54 Å². The van der Waals surface area contributed by atoms with Crippen LogP contribution in [0.15, 0.2) is 24.8 Å². The van der Waals surface area contributed by atoms with Gasteiger partial charge in [0.15, 0.2) is 0 Å². The Balaban J connectivity index is 2.45.